The minimum absolute atomic E-state index is 0. The highest BCUT2D eigenvalue weighted by atomic mass is 31.1. The maximum atomic E-state index is 8.87. The molecule has 1 unspecified atom stereocenters. The lowest BCUT2D eigenvalue weighted by Gasteiger charge is -2.14. The van der Waals surface area contributed by atoms with Crippen molar-refractivity contribution in [2.45, 2.75) is 20.4 Å². The second kappa shape index (κ2) is 10.3. The Morgan fingerprint density at radius 3 is 2.12 bits per heavy atom. The molecule has 1 rings (SSSR count). The van der Waals surface area contributed by atoms with Gasteiger partial charge < -0.3 is 15.1 Å². The van der Waals surface area contributed by atoms with Gasteiger partial charge in [0.1, 0.15) is 6.54 Å². The summed E-state index contributed by atoms with van der Waals surface area (Å²) in [6.45, 7) is 8.06. The van der Waals surface area contributed by atoms with Gasteiger partial charge in [0.25, 0.3) is 0 Å². The highest BCUT2D eigenvalue weighted by Crippen LogP contribution is 1.99. The summed E-state index contributed by atoms with van der Waals surface area (Å²) in [5.41, 5.74) is 1.44. The largest absolute Gasteiger partial charge is 0.674 e. The van der Waals surface area contributed by atoms with E-state index in [0.717, 1.165) is 6.54 Å². The highest BCUT2D eigenvalue weighted by molar-refractivity contribution is 7.30. The SMILES string of the molecule is CC[NH+](CC)Cc1ccccc1.O=[P+]([O-])O[O-].[HH]. The number of quaternary nitrogens is 1. The van der Waals surface area contributed by atoms with Crippen molar-refractivity contribution in [3.63, 3.8) is 0 Å². The minimum atomic E-state index is -3.15. The van der Waals surface area contributed by atoms with Gasteiger partial charge in [-0.1, -0.05) is 30.3 Å². The van der Waals surface area contributed by atoms with E-state index in [1.807, 2.05) is 0 Å². The van der Waals surface area contributed by atoms with E-state index in [1.165, 1.54) is 18.7 Å². The Kier molecular flexibility index (Phi) is 9.81. The van der Waals surface area contributed by atoms with Crippen LogP contribution in [0.25, 0.3) is 0 Å². The molecule has 1 N–H and O–H groups in total. The van der Waals surface area contributed by atoms with Crippen LogP contribution in [-0.4, -0.2) is 13.1 Å². The Balaban J connectivity index is 0. The number of hydrogen-bond donors (Lipinski definition) is 1. The van der Waals surface area contributed by atoms with Gasteiger partial charge in [-0.15, -0.1) is 0 Å². The fraction of sp³-hybridized carbons (Fsp3) is 0.455. The van der Waals surface area contributed by atoms with Gasteiger partial charge >= 0.3 is 8.25 Å². The summed E-state index contributed by atoms with van der Waals surface area (Å²) in [6.07, 6.45) is 0. The monoisotopic (exact) mass is 261 g/mol. The third-order valence-corrected chi connectivity index (χ3v) is 2.48. The van der Waals surface area contributed by atoms with Crippen LogP contribution >= 0.6 is 8.25 Å². The van der Waals surface area contributed by atoms with Crippen molar-refractivity contribution in [2.75, 3.05) is 13.1 Å². The van der Waals surface area contributed by atoms with Crippen molar-refractivity contribution in [1.29, 1.82) is 0 Å². The quantitative estimate of drug-likeness (QED) is 0.446. The van der Waals surface area contributed by atoms with E-state index < -0.39 is 8.25 Å². The molecule has 0 radical (unpaired) electrons. The van der Waals surface area contributed by atoms with Gasteiger partial charge in [-0.25, -0.2) is 4.67 Å². The molecule has 0 aliphatic heterocycles. The molecule has 0 amide bonds. The smallest absolute Gasteiger partial charge is 0.479 e. The maximum Gasteiger partial charge on any atom is 0.479 e. The Morgan fingerprint density at radius 1 is 1.29 bits per heavy atom. The molecule has 0 saturated heterocycles. The van der Waals surface area contributed by atoms with Crippen molar-refractivity contribution in [3.8, 4) is 0 Å². The Labute approximate surface area is 104 Å². The molecular weight excluding hydrogens is 241 g/mol. The van der Waals surface area contributed by atoms with Gasteiger partial charge in [0.05, 0.1) is 13.1 Å². The van der Waals surface area contributed by atoms with Gasteiger partial charge in [0.15, 0.2) is 0 Å². The zero-order chi connectivity index (χ0) is 13.1. The zero-order valence-corrected chi connectivity index (χ0v) is 11.0. The van der Waals surface area contributed by atoms with Crippen molar-refractivity contribution in [1.82, 2.24) is 0 Å². The van der Waals surface area contributed by atoms with Crippen LogP contribution in [0.4, 0.5) is 0 Å². The van der Waals surface area contributed by atoms with Crippen LogP contribution in [-0.2, 0) is 15.8 Å². The van der Waals surface area contributed by atoms with Crippen LogP contribution in [0.15, 0.2) is 30.3 Å². The molecule has 6 heteroatoms. The van der Waals surface area contributed by atoms with Crippen LogP contribution in [0, 0.1) is 0 Å². The number of nitrogens with one attached hydrogen (secondary N) is 1. The van der Waals surface area contributed by atoms with Gasteiger partial charge in [0.2, 0.25) is 0 Å². The fourth-order valence-corrected chi connectivity index (χ4v) is 1.38. The summed E-state index contributed by atoms with van der Waals surface area (Å²) in [7, 11) is -3.15. The predicted molar refractivity (Wildman–Crippen MR) is 63.0 cm³/mol. The number of hydrogen-bond acceptors (Lipinski definition) is 4. The van der Waals surface area contributed by atoms with E-state index in [4.69, 9.17) is 14.7 Å². The first-order chi connectivity index (χ1) is 8.13. The van der Waals surface area contributed by atoms with E-state index in [2.05, 4.69) is 48.9 Å². The Hall–Kier alpha value is -0.840. The fourth-order valence-electron chi connectivity index (χ4n) is 1.38. The summed E-state index contributed by atoms with van der Waals surface area (Å²) in [5, 5.41) is 8.53. The zero-order valence-electron chi connectivity index (χ0n) is 10.1. The number of rotatable bonds is 5. The van der Waals surface area contributed by atoms with Crippen LogP contribution in [0.5, 0.6) is 0 Å². The molecule has 1 atom stereocenters. The first-order valence-electron chi connectivity index (χ1n) is 5.45. The van der Waals surface area contributed by atoms with Crippen molar-refractivity contribution >= 4 is 8.25 Å². The summed E-state index contributed by atoms with van der Waals surface area (Å²) >= 11 is 0. The lowest BCUT2D eigenvalue weighted by Crippen LogP contribution is -3.10. The molecule has 1 aromatic rings. The molecule has 0 aliphatic rings. The Bertz CT molecular complexity index is 309. The average molecular weight is 261 g/mol. The molecule has 0 fully saturated rings. The Morgan fingerprint density at radius 2 is 1.76 bits per heavy atom. The molecule has 0 aromatic heterocycles. The molecule has 17 heavy (non-hydrogen) atoms. The molecule has 0 spiro atoms. The first kappa shape index (κ1) is 16.2. The standard InChI is InChI=1S/C11H17N.HO4P.H2/c1-3-12(4-2)10-11-8-6-5-7-9-11;1-4-5(2)3;/h5-9H,3-4,10H2,1-2H3;1H;1H. The van der Waals surface area contributed by atoms with Crippen LogP contribution in [0.3, 0.4) is 0 Å². The third kappa shape index (κ3) is 8.92. The van der Waals surface area contributed by atoms with Crippen molar-refractivity contribution in [3.05, 3.63) is 35.9 Å². The second-order valence-electron chi connectivity index (χ2n) is 3.42. The third-order valence-electron chi connectivity index (χ3n) is 2.36. The molecule has 98 valence electrons. The predicted octanol–water partition coefficient (Wildman–Crippen LogP) is -0.347. The topological polar surface area (TPSA) is 76.9 Å². The second-order valence-corrected chi connectivity index (χ2v) is 4.01. The van der Waals surface area contributed by atoms with Crippen molar-refractivity contribution < 1.29 is 25.7 Å². The molecular formula is C11H20NO4P. The average Bonchev–Trinajstić information content (AvgIpc) is 2.37. The highest BCUT2D eigenvalue weighted by Gasteiger charge is 2.02. The number of benzene rings is 1. The summed E-state index contributed by atoms with van der Waals surface area (Å²) in [6, 6.07) is 10.7. The maximum absolute atomic E-state index is 8.87. The van der Waals surface area contributed by atoms with Gasteiger partial charge in [-0.3, -0.25) is 0 Å². The summed E-state index contributed by atoms with van der Waals surface area (Å²) in [4.78, 5) is 10.5. The van der Waals surface area contributed by atoms with E-state index in [9.17, 15) is 0 Å². The molecule has 0 aliphatic carbocycles. The van der Waals surface area contributed by atoms with Crippen LogP contribution in [0.2, 0.25) is 0 Å². The molecule has 0 heterocycles. The minimum Gasteiger partial charge on any atom is -0.674 e. The van der Waals surface area contributed by atoms with Gasteiger partial charge in [-0.2, -0.15) is 0 Å². The molecule has 1 aromatic carbocycles. The lowest BCUT2D eigenvalue weighted by atomic mass is 10.2. The first-order valence-corrected chi connectivity index (χ1v) is 6.55. The summed E-state index contributed by atoms with van der Waals surface area (Å²) < 4.78 is 11.3. The summed E-state index contributed by atoms with van der Waals surface area (Å²) in [5.74, 6) is 0. The van der Waals surface area contributed by atoms with E-state index in [-0.39, 0.29) is 1.43 Å². The van der Waals surface area contributed by atoms with E-state index in [1.54, 1.807) is 4.90 Å². The van der Waals surface area contributed by atoms with E-state index in [0.29, 0.717) is 0 Å². The van der Waals surface area contributed by atoms with E-state index >= 15 is 0 Å². The molecule has 5 nitrogen and oxygen atoms in total. The van der Waals surface area contributed by atoms with Crippen LogP contribution in [0.1, 0.15) is 20.8 Å². The van der Waals surface area contributed by atoms with Crippen LogP contribution < -0.4 is 15.1 Å². The lowest BCUT2D eigenvalue weighted by molar-refractivity contribution is -0.910. The van der Waals surface area contributed by atoms with Crippen molar-refractivity contribution in [2.24, 2.45) is 0 Å². The molecule has 0 bridgehead atoms. The van der Waals surface area contributed by atoms with Gasteiger partial charge in [-0.05, 0) is 18.4 Å². The normalized spacial score (nSPS) is 10.8. The van der Waals surface area contributed by atoms with Gasteiger partial charge in [0, 0.05) is 6.99 Å². The molecule has 0 saturated carbocycles.